The molecule has 2 unspecified atom stereocenters. The lowest BCUT2D eigenvalue weighted by Crippen LogP contribution is -2.23. The van der Waals surface area contributed by atoms with Crippen molar-refractivity contribution in [3.63, 3.8) is 0 Å². The van der Waals surface area contributed by atoms with E-state index in [9.17, 15) is 23.4 Å². The number of hydrogen-bond acceptors (Lipinski definition) is 5. The van der Waals surface area contributed by atoms with Gasteiger partial charge in [0, 0.05) is 13.1 Å². The van der Waals surface area contributed by atoms with Crippen LogP contribution in [0.2, 0.25) is 0 Å². The number of alkyl halides is 3. The summed E-state index contributed by atoms with van der Waals surface area (Å²) in [7, 11) is 0. The number of β-amino-alcohol motifs (C(OH)–C–C–N with tert-alkyl or cyclic N) is 2. The topological polar surface area (TPSA) is 82.6 Å². The third-order valence-electron chi connectivity index (χ3n) is 2.74. The lowest BCUT2D eigenvalue weighted by molar-refractivity contribution is -0.137. The largest absolute Gasteiger partial charge is 0.416 e. The summed E-state index contributed by atoms with van der Waals surface area (Å²) in [6.45, 7) is 0.0455. The van der Waals surface area contributed by atoms with Gasteiger partial charge in [-0.2, -0.15) is 13.2 Å². The van der Waals surface area contributed by atoms with Gasteiger partial charge in [0.15, 0.2) is 0 Å². The molecule has 8 heteroatoms. The van der Waals surface area contributed by atoms with Crippen molar-refractivity contribution in [1.29, 1.82) is 0 Å². The zero-order valence-corrected chi connectivity index (χ0v) is 9.22. The quantitative estimate of drug-likeness (QED) is 0.675. The third kappa shape index (κ3) is 2.49. The van der Waals surface area contributed by atoms with Crippen LogP contribution in [0.3, 0.4) is 0 Å². The Hall–Kier alpha value is -1.54. The average molecular weight is 263 g/mol. The maximum Gasteiger partial charge on any atom is 0.416 e. The van der Waals surface area contributed by atoms with Gasteiger partial charge in [0.25, 0.3) is 0 Å². The summed E-state index contributed by atoms with van der Waals surface area (Å²) in [6.07, 6.45) is -6.51. The minimum atomic E-state index is -4.51. The first-order chi connectivity index (χ1) is 8.27. The number of anilines is 2. The molecule has 2 atom stereocenters. The number of rotatable bonds is 1. The number of aromatic nitrogens is 1. The van der Waals surface area contributed by atoms with Crippen molar-refractivity contribution in [2.75, 3.05) is 23.7 Å². The highest BCUT2D eigenvalue weighted by Crippen LogP contribution is 2.33. The molecule has 2 rings (SSSR count). The molecule has 2 heterocycles. The van der Waals surface area contributed by atoms with Gasteiger partial charge in [-0.1, -0.05) is 0 Å². The summed E-state index contributed by atoms with van der Waals surface area (Å²) in [5.41, 5.74) is 4.43. The van der Waals surface area contributed by atoms with Gasteiger partial charge in [0.05, 0.1) is 17.8 Å². The number of aliphatic hydroxyl groups excluding tert-OH is 2. The number of nitrogens with two attached hydrogens (primary N) is 1. The second-order valence-corrected chi connectivity index (χ2v) is 4.18. The Kier molecular flexibility index (Phi) is 3.07. The second kappa shape index (κ2) is 4.29. The van der Waals surface area contributed by atoms with Crippen LogP contribution in [0, 0.1) is 0 Å². The first-order valence-corrected chi connectivity index (χ1v) is 5.23. The zero-order valence-electron chi connectivity index (χ0n) is 9.22. The van der Waals surface area contributed by atoms with E-state index < -0.39 is 23.9 Å². The van der Waals surface area contributed by atoms with Crippen LogP contribution in [-0.2, 0) is 6.18 Å². The molecule has 0 bridgehead atoms. The van der Waals surface area contributed by atoms with Crippen LogP contribution in [0.15, 0.2) is 12.1 Å². The molecule has 5 nitrogen and oxygen atoms in total. The number of aliphatic hydroxyl groups is 2. The Morgan fingerprint density at radius 3 is 2.28 bits per heavy atom. The molecule has 1 saturated heterocycles. The van der Waals surface area contributed by atoms with Gasteiger partial charge < -0.3 is 20.8 Å². The van der Waals surface area contributed by atoms with Crippen molar-refractivity contribution >= 4 is 11.6 Å². The standard InChI is InChI=1S/C10H12F3N3O2/c11-10(12,13)5-1-8(14)15-9(2-5)16-3-6(17)7(18)4-16/h1-2,6-7,17-18H,3-4H2,(H2,14,15). The fraction of sp³-hybridized carbons (Fsp3) is 0.500. The normalized spacial score (nSPS) is 24.6. The van der Waals surface area contributed by atoms with E-state index in [1.54, 1.807) is 0 Å². The van der Waals surface area contributed by atoms with E-state index in [0.717, 1.165) is 12.1 Å². The maximum absolute atomic E-state index is 12.6. The minimum Gasteiger partial charge on any atom is -0.389 e. The summed E-state index contributed by atoms with van der Waals surface area (Å²) >= 11 is 0. The van der Waals surface area contributed by atoms with Crippen molar-refractivity contribution in [1.82, 2.24) is 4.98 Å². The first kappa shape index (κ1) is 12.9. The first-order valence-electron chi connectivity index (χ1n) is 5.23. The van der Waals surface area contributed by atoms with E-state index >= 15 is 0 Å². The fourth-order valence-corrected chi connectivity index (χ4v) is 1.82. The lowest BCUT2D eigenvalue weighted by Gasteiger charge is -2.18. The number of nitrogens with zero attached hydrogens (tertiary/aromatic N) is 2. The van der Waals surface area contributed by atoms with Crippen molar-refractivity contribution in [2.45, 2.75) is 18.4 Å². The molecule has 0 amide bonds. The molecule has 1 fully saturated rings. The molecular formula is C10H12F3N3O2. The highest BCUT2D eigenvalue weighted by molar-refractivity contribution is 5.50. The van der Waals surface area contributed by atoms with E-state index in [2.05, 4.69) is 4.98 Å². The molecule has 0 aromatic carbocycles. The van der Waals surface area contributed by atoms with Crippen molar-refractivity contribution in [3.05, 3.63) is 17.7 Å². The third-order valence-corrected chi connectivity index (χ3v) is 2.74. The van der Waals surface area contributed by atoms with Gasteiger partial charge in [0.2, 0.25) is 0 Å². The van der Waals surface area contributed by atoms with Crippen LogP contribution >= 0.6 is 0 Å². The van der Waals surface area contributed by atoms with E-state index in [4.69, 9.17) is 5.73 Å². The molecule has 0 spiro atoms. The van der Waals surface area contributed by atoms with Crippen molar-refractivity contribution < 1.29 is 23.4 Å². The van der Waals surface area contributed by atoms with Crippen LogP contribution in [0.4, 0.5) is 24.8 Å². The Balaban J connectivity index is 2.32. The van der Waals surface area contributed by atoms with Crippen LogP contribution < -0.4 is 10.6 Å². The molecule has 1 aliphatic rings. The molecule has 0 radical (unpaired) electrons. The Morgan fingerprint density at radius 2 is 1.78 bits per heavy atom. The molecule has 0 aliphatic carbocycles. The summed E-state index contributed by atoms with van der Waals surface area (Å²) in [6, 6.07) is 1.59. The fourth-order valence-electron chi connectivity index (χ4n) is 1.82. The average Bonchev–Trinajstić information content (AvgIpc) is 2.57. The molecule has 18 heavy (non-hydrogen) atoms. The predicted molar refractivity (Wildman–Crippen MR) is 57.9 cm³/mol. The number of halogens is 3. The van der Waals surface area contributed by atoms with Crippen LogP contribution in [0.5, 0.6) is 0 Å². The van der Waals surface area contributed by atoms with Crippen LogP contribution in [-0.4, -0.2) is 40.5 Å². The highest BCUT2D eigenvalue weighted by atomic mass is 19.4. The predicted octanol–water partition coefficient (Wildman–Crippen LogP) is 0.224. The zero-order chi connectivity index (χ0) is 13.5. The number of nitrogen functional groups attached to an aromatic ring is 1. The molecule has 1 aromatic rings. The second-order valence-electron chi connectivity index (χ2n) is 4.18. The summed E-state index contributed by atoms with van der Waals surface area (Å²) < 4.78 is 37.8. The molecule has 100 valence electrons. The monoisotopic (exact) mass is 263 g/mol. The van der Waals surface area contributed by atoms with E-state index in [1.165, 1.54) is 4.90 Å². The lowest BCUT2D eigenvalue weighted by atomic mass is 10.2. The van der Waals surface area contributed by atoms with Crippen molar-refractivity contribution in [3.8, 4) is 0 Å². The van der Waals surface area contributed by atoms with Crippen LogP contribution in [0.25, 0.3) is 0 Å². The highest BCUT2D eigenvalue weighted by Gasteiger charge is 2.34. The minimum absolute atomic E-state index is 0.00192. The van der Waals surface area contributed by atoms with Gasteiger partial charge >= 0.3 is 6.18 Å². The smallest absolute Gasteiger partial charge is 0.389 e. The van der Waals surface area contributed by atoms with Crippen molar-refractivity contribution in [2.24, 2.45) is 0 Å². The van der Waals surface area contributed by atoms with Gasteiger partial charge in [-0.15, -0.1) is 0 Å². The van der Waals surface area contributed by atoms with Gasteiger partial charge in [-0.3, -0.25) is 0 Å². The molecular weight excluding hydrogens is 251 g/mol. The number of pyridine rings is 1. The van der Waals surface area contributed by atoms with Gasteiger partial charge in [-0.05, 0) is 12.1 Å². The SMILES string of the molecule is Nc1cc(C(F)(F)F)cc(N2CC(O)C(O)C2)n1. The summed E-state index contributed by atoms with van der Waals surface area (Å²) in [5.74, 6) is -0.256. The molecule has 4 N–H and O–H groups in total. The molecule has 1 aliphatic heterocycles. The van der Waals surface area contributed by atoms with Crippen LogP contribution in [0.1, 0.15) is 5.56 Å². The molecule has 0 saturated carbocycles. The van der Waals surface area contributed by atoms with E-state index in [-0.39, 0.29) is 24.7 Å². The van der Waals surface area contributed by atoms with E-state index in [1.807, 2.05) is 0 Å². The summed E-state index contributed by atoms with van der Waals surface area (Å²) in [4.78, 5) is 5.14. The molecule has 1 aromatic heterocycles. The maximum atomic E-state index is 12.6. The van der Waals surface area contributed by atoms with E-state index in [0.29, 0.717) is 0 Å². The summed E-state index contributed by atoms with van der Waals surface area (Å²) in [5, 5.41) is 18.7. The van der Waals surface area contributed by atoms with Gasteiger partial charge in [0.1, 0.15) is 11.6 Å². The van der Waals surface area contributed by atoms with Gasteiger partial charge in [-0.25, -0.2) is 4.98 Å². The Bertz CT molecular complexity index is 442. The number of hydrogen-bond donors (Lipinski definition) is 3. The Labute approximate surface area is 101 Å². The Morgan fingerprint density at radius 1 is 1.22 bits per heavy atom.